The molecule has 1 aromatic carbocycles. The van der Waals surface area contributed by atoms with Crippen molar-refractivity contribution >= 4 is 5.78 Å². The Morgan fingerprint density at radius 2 is 1.94 bits per heavy atom. The fourth-order valence-electron chi connectivity index (χ4n) is 9.03. The van der Waals surface area contributed by atoms with Crippen LogP contribution in [0, 0.1) is 33.3 Å². The summed E-state index contributed by atoms with van der Waals surface area (Å²) >= 11 is 0. The highest BCUT2D eigenvalue weighted by atomic mass is 16.9. The maximum atomic E-state index is 12.3. The molecule has 0 saturated heterocycles. The van der Waals surface area contributed by atoms with Gasteiger partial charge in [0.25, 0.3) is 5.09 Å². The van der Waals surface area contributed by atoms with Crippen molar-refractivity contribution in [2.24, 2.45) is 23.2 Å². The van der Waals surface area contributed by atoms with E-state index in [0.717, 1.165) is 55.4 Å². The largest absolute Gasteiger partial charge is 0.508 e. The molecule has 4 bridgehead atoms. The van der Waals surface area contributed by atoms with E-state index < -0.39 is 10.7 Å². The Morgan fingerprint density at radius 1 is 1.21 bits per heavy atom. The lowest BCUT2D eigenvalue weighted by Crippen LogP contribution is -2.55. The van der Waals surface area contributed by atoms with Crippen molar-refractivity contribution in [3.8, 4) is 11.5 Å². The molecule has 178 valence electrons. The summed E-state index contributed by atoms with van der Waals surface area (Å²) < 4.78 is 6.53. The number of carbonyl (C=O) groups is 1. The van der Waals surface area contributed by atoms with E-state index in [4.69, 9.17) is 9.57 Å². The Balaban J connectivity index is 1.40. The zero-order valence-corrected chi connectivity index (χ0v) is 19.5. The standard InChI is InChI=1S/C26H33NO6/c1-24(2)20-4-3-18(28)8-19(20)23-21(29)6-17(7-22(23)33-24)26-11-15-5-16(12-26)10-25(9-15,13-26)14-32-27(30)31/h6-7,15-16,19-20,29H,3-5,8-14H2,1-2H3/t15?,16?,19-,20-,25?,26?/m1/s1. The molecule has 7 rings (SSSR count). The van der Waals surface area contributed by atoms with E-state index in [9.17, 15) is 20.0 Å². The first-order chi connectivity index (χ1) is 15.6. The van der Waals surface area contributed by atoms with E-state index >= 15 is 0 Å². The van der Waals surface area contributed by atoms with Crippen molar-refractivity contribution in [1.82, 2.24) is 0 Å². The molecular formula is C26H33NO6. The van der Waals surface area contributed by atoms with Gasteiger partial charge in [-0.2, -0.15) is 0 Å². The van der Waals surface area contributed by atoms with E-state index in [-0.39, 0.29) is 40.8 Å². The van der Waals surface area contributed by atoms with Crippen LogP contribution in [-0.4, -0.2) is 28.2 Å². The molecule has 5 fully saturated rings. The second-order valence-corrected chi connectivity index (χ2v) is 12.3. The van der Waals surface area contributed by atoms with Crippen LogP contribution in [0.25, 0.3) is 0 Å². The number of nitrogens with zero attached hydrogens (tertiary/aromatic N) is 1. The first-order valence-corrected chi connectivity index (χ1v) is 12.4. The highest BCUT2D eigenvalue weighted by Gasteiger charge is 2.59. The molecule has 1 heterocycles. The fraction of sp³-hybridized carbons (Fsp3) is 0.731. The summed E-state index contributed by atoms with van der Waals surface area (Å²) in [6, 6.07) is 4.05. The minimum absolute atomic E-state index is 0.00440. The Hall–Kier alpha value is -2.31. The third-order valence-electron chi connectivity index (χ3n) is 9.70. The first-order valence-electron chi connectivity index (χ1n) is 12.4. The molecule has 0 radical (unpaired) electrons. The molecule has 33 heavy (non-hydrogen) atoms. The molecule has 2 unspecified atom stereocenters. The van der Waals surface area contributed by atoms with Gasteiger partial charge in [-0.1, -0.05) is 0 Å². The average molecular weight is 456 g/mol. The Kier molecular flexibility index (Phi) is 4.41. The second kappa shape index (κ2) is 6.86. The van der Waals surface area contributed by atoms with Gasteiger partial charge in [-0.3, -0.25) is 4.79 Å². The number of phenolic OH excluding ortho intramolecular Hbond substituents is 1. The second-order valence-electron chi connectivity index (χ2n) is 12.3. The molecule has 5 saturated carbocycles. The van der Waals surface area contributed by atoms with Crippen LogP contribution in [0.15, 0.2) is 12.1 Å². The van der Waals surface area contributed by atoms with E-state index in [1.165, 1.54) is 6.42 Å². The predicted octanol–water partition coefficient (Wildman–Crippen LogP) is 5.06. The van der Waals surface area contributed by atoms with E-state index in [0.29, 0.717) is 24.7 Å². The number of aromatic hydroxyl groups is 1. The summed E-state index contributed by atoms with van der Waals surface area (Å²) in [7, 11) is 0. The molecule has 6 aliphatic rings. The van der Waals surface area contributed by atoms with Gasteiger partial charge in [-0.25, -0.2) is 0 Å². The van der Waals surface area contributed by atoms with Gasteiger partial charge in [-0.05, 0) is 99.2 Å². The Labute approximate surface area is 193 Å². The summed E-state index contributed by atoms with van der Waals surface area (Å²) in [4.78, 5) is 28.2. The highest BCUT2D eigenvalue weighted by molar-refractivity contribution is 5.81. The van der Waals surface area contributed by atoms with Crippen LogP contribution < -0.4 is 4.74 Å². The van der Waals surface area contributed by atoms with Gasteiger partial charge >= 0.3 is 0 Å². The minimum atomic E-state index is -0.659. The number of hydrogen-bond donors (Lipinski definition) is 1. The topological polar surface area (TPSA) is 98.9 Å². The Bertz CT molecular complexity index is 1020. The van der Waals surface area contributed by atoms with Crippen LogP contribution in [-0.2, 0) is 15.0 Å². The normalized spacial score (nSPS) is 40.0. The maximum Gasteiger partial charge on any atom is 0.294 e. The van der Waals surface area contributed by atoms with Crippen molar-refractivity contribution in [2.75, 3.05) is 6.61 Å². The minimum Gasteiger partial charge on any atom is -0.508 e. The summed E-state index contributed by atoms with van der Waals surface area (Å²) in [6.07, 6.45) is 7.98. The third kappa shape index (κ3) is 3.25. The van der Waals surface area contributed by atoms with Crippen LogP contribution in [0.1, 0.15) is 88.7 Å². The van der Waals surface area contributed by atoms with Gasteiger partial charge in [0.15, 0.2) is 0 Å². The summed E-state index contributed by atoms with van der Waals surface area (Å²) in [6.45, 7) is 4.37. The lowest BCUT2D eigenvalue weighted by Gasteiger charge is -2.62. The lowest BCUT2D eigenvalue weighted by molar-refractivity contribution is -0.761. The van der Waals surface area contributed by atoms with Crippen LogP contribution in [0.5, 0.6) is 11.5 Å². The van der Waals surface area contributed by atoms with Crippen molar-refractivity contribution in [3.05, 3.63) is 33.4 Å². The molecule has 0 spiro atoms. The van der Waals surface area contributed by atoms with Crippen LogP contribution in [0.2, 0.25) is 0 Å². The molecular weight excluding hydrogens is 422 g/mol. The lowest BCUT2D eigenvalue weighted by atomic mass is 9.43. The Morgan fingerprint density at radius 3 is 2.64 bits per heavy atom. The third-order valence-corrected chi connectivity index (χ3v) is 9.70. The molecule has 1 aliphatic heterocycles. The maximum absolute atomic E-state index is 12.3. The molecule has 5 aliphatic carbocycles. The number of Topliss-reactive ketones (excluding diaryl/α,β-unsaturated/α-hetero) is 1. The molecule has 4 atom stereocenters. The van der Waals surface area contributed by atoms with E-state index in [1.807, 2.05) is 6.07 Å². The summed E-state index contributed by atoms with van der Waals surface area (Å²) in [5, 5.41) is 21.6. The zero-order valence-electron chi connectivity index (χ0n) is 19.5. The summed E-state index contributed by atoms with van der Waals surface area (Å²) in [5.41, 5.74) is 1.22. The molecule has 7 heteroatoms. The predicted molar refractivity (Wildman–Crippen MR) is 120 cm³/mol. The van der Waals surface area contributed by atoms with Gasteiger partial charge in [-0.15, -0.1) is 10.1 Å². The number of phenols is 1. The number of carbonyl (C=O) groups excluding carboxylic acids is 1. The monoisotopic (exact) mass is 455 g/mol. The van der Waals surface area contributed by atoms with Crippen molar-refractivity contribution in [2.45, 2.75) is 88.6 Å². The SMILES string of the molecule is CC1(C)Oc2cc(C34CC5CC(CC(CO[N+](=O)[O-])(C5)C3)C4)cc(O)c2[C@@H]2CC(=O)CC[C@H]21. The quantitative estimate of drug-likeness (QED) is 0.503. The number of hydrogen-bond acceptors (Lipinski definition) is 6. The zero-order chi connectivity index (χ0) is 23.2. The van der Waals surface area contributed by atoms with Crippen molar-refractivity contribution in [1.29, 1.82) is 0 Å². The van der Waals surface area contributed by atoms with Gasteiger partial charge in [0.1, 0.15) is 29.5 Å². The number of ether oxygens (including phenoxy) is 1. The van der Waals surface area contributed by atoms with E-state index in [2.05, 4.69) is 19.9 Å². The smallest absolute Gasteiger partial charge is 0.294 e. The number of ketones is 1. The molecule has 0 amide bonds. The van der Waals surface area contributed by atoms with E-state index in [1.54, 1.807) is 0 Å². The van der Waals surface area contributed by atoms with Crippen LogP contribution in [0.4, 0.5) is 0 Å². The van der Waals surface area contributed by atoms with Gasteiger partial charge in [0.2, 0.25) is 0 Å². The first kappa shape index (κ1) is 21.2. The number of fused-ring (bicyclic) bond motifs is 3. The molecule has 7 nitrogen and oxygen atoms in total. The average Bonchev–Trinajstić information content (AvgIpc) is 2.70. The summed E-state index contributed by atoms with van der Waals surface area (Å²) in [5.74, 6) is 2.51. The number of benzene rings is 1. The molecule has 1 N–H and O–H groups in total. The van der Waals surface area contributed by atoms with Crippen LogP contribution >= 0.6 is 0 Å². The van der Waals surface area contributed by atoms with Crippen molar-refractivity contribution in [3.63, 3.8) is 0 Å². The van der Waals surface area contributed by atoms with Crippen molar-refractivity contribution < 1.29 is 24.6 Å². The van der Waals surface area contributed by atoms with Gasteiger partial charge < -0.3 is 14.7 Å². The van der Waals surface area contributed by atoms with Gasteiger partial charge in [0, 0.05) is 30.2 Å². The molecule has 0 aromatic heterocycles. The fourth-order valence-corrected chi connectivity index (χ4v) is 9.03. The molecule has 1 aromatic rings. The van der Waals surface area contributed by atoms with Gasteiger partial charge in [0.05, 0.1) is 0 Å². The highest BCUT2D eigenvalue weighted by Crippen LogP contribution is 2.66. The van der Waals surface area contributed by atoms with Crippen LogP contribution in [0.3, 0.4) is 0 Å². The number of rotatable bonds is 4.